The minimum atomic E-state index is -0.213. The van der Waals surface area contributed by atoms with Gasteiger partial charge in [-0.1, -0.05) is 0 Å². The van der Waals surface area contributed by atoms with E-state index in [2.05, 4.69) is 10.5 Å². The third kappa shape index (κ3) is 2.58. The van der Waals surface area contributed by atoms with Gasteiger partial charge in [0.05, 0.1) is 18.4 Å². The Hall–Kier alpha value is -2.82. The number of hydrazone groups is 1. The first kappa shape index (κ1) is 13.2. The molecule has 0 unspecified atom stereocenters. The van der Waals surface area contributed by atoms with E-state index in [1.54, 1.807) is 20.1 Å². The number of carbonyl (C=O) groups excluding carboxylic acids is 1. The number of hydrogen-bond donors (Lipinski definition) is 1. The van der Waals surface area contributed by atoms with Gasteiger partial charge in [-0.05, 0) is 49.4 Å². The molecule has 106 valence electrons. The minimum Gasteiger partial charge on any atom is -0.497 e. The Kier molecular flexibility index (Phi) is 3.31. The van der Waals surface area contributed by atoms with E-state index in [1.807, 2.05) is 36.4 Å². The average Bonchev–Trinajstić information content (AvgIpc) is 3.10. The number of furan rings is 1. The van der Waals surface area contributed by atoms with E-state index in [4.69, 9.17) is 9.15 Å². The molecule has 0 atom stereocenters. The van der Waals surface area contributed by atoms with Crippen LogP contribution in [0.1, 0.15) is 12.7 Å². The number of carbonyl (C=O) groups is 1. The van der Waals surface area contributed by atoms with Crippen LogP contribution < -0.4 is 10.2 Å². The summed E-state index contributed by atoms with van der Waals surface area (Å²) >= 11 is 0. The van der Waals surface area contributed by atoms with Gasteiger partial charge in [-0.3, -0.25) is 4.79 Å². The summed E-state index contributed by atoms with van der Waals surface area (Å²) in [6.45, 7) is 1.77. The second kappa shape index (κ2) is 5.28. The Balaban J connectivity index is 1.88. The summed E-state index contributed by atoms with van der Waals surface area (Å²) in [5.41, 5.74) is 4.54. The Morgan fingerprint density at radius 1 is 1.19 bits per heavy atom. The standard InChI is InChI=1S/C16H14N2O3/c1-10-14(16(19)18-17-10)9-13-7-8-15(21-13)11-3-5-12(20-2)6-4-11/h3-9H,1-2H3,(H,18,19). The van der Waals surface area contributed by atoms with E-state index >= 15 is 0 Å². The van der Waals surface area contributed by atoms with Crippen LogP contribution >= 0.6 is 0 Å². The van der Waals surface area contributed by atoms with Gasteiger partial charge in [0.1, 0.15) is 17.3 Å². The summed E-state index contributed by atoms with van der Waals surface area (Å²) < 4.78 is 10.9. The van der Waals surface area contributed by atoms with Crippen LogP contribution in [0.5, 0.6) is 5.75 Å². The largest absolute Gasteiger partial charge is 0.497 e. The highest BCUT2D eigenvalue weighted by Gasteiger charge is 2.19. The Morgan fingerprint density at radius 2 is 1.95 bits per heavy atom. The lowest BCUT2D eigenvalue weighted by atomic mass is 10.1. The van der Waals surface area contributed by atoms with Crippen LogP contribution in [-0.2, 0) is 4.79 Å². The number of nitrogens with one attached hydrogen (secondary N) is 1. The molecule has 1 aliphatic rings. The molecule has 2 heterocycles. The predicted molar refractivity (Wildman–Crippen MR) is 79.9 cm³/mol. The van der Waals surface area contributed by atoms with Crippen LogP contribution in [0.2, 0.25) is 0 Å². The number of amides is 1. The van der Waals surface area contributed by atoms with Gasteiger partial charge in [0.2, 0.25) is 0 Å². The third-order valence-electron chi connectivity index (χ3n) is 3.25. The van der Waals surface area contributed by atoms with Gasteiger partial charge in [-0.15, -0.1) is 0 Å². The molecule has 2 aromatic rings. The van der Waals surface area contributed by atoms with Gasteiger partial charge in [-0.2, -0.15) is 5.10 Å². The maximum atomic E-state index is 11.6. The highest BCUT2D eigenvalue weighted by atomic mass is 16.5. The molecule has 0 aliphatic carbocycles. The molecule has 0 bridgehead atoms. The van der Waals surface area contributed by atoms with Crippen molar-refractivity contribution in [2.75, 3.05) is 7.11 Å². The normalized spacial score (nSPS) is 16.0. The average molecular weight is 282 g/mol. The fraction of sp³-hybridized carbons (Fsp3) is 0.125. The molecule has 1 aromatic heterocycles. The van der Waals surface area contributed by atoms with Crippen molar-refractivity contribution in [3.63, 3.8) is 0 Å². The molecule has 5 nitrogen and oxygen atoms in total. The van der Waals surface area contributed by atoms with Crippen LogP contribution in [-0.4, -0.2) is 18.7 Å². The fourth-order valence-corrected chi connectivity index (χ4v) is 2.07. The Labute approximate surface area is 121 Å². The summed E-state index contributed by atoms with van der Waals surface area (Å²) in [5, 5.41) is 3.87. The minimum absolute atomic E-state index is 0.213. The lowest BCUT2D eigenvalue weighted by Gasteiger charge is -2.00. The summed E-state index contributed by atoms with van der Waals surface area (Å²) in [7, 11) is 1.63. The van der Waals surface area contributed by atoms with Crippen molar-refractivity contribution in [3.8, 4) is 17.1 Å². The van der Waals surface area contributed by atoms with E-state index in [0.717, 1.165) is 17.1 Å². The SMILES string of the molecule is COc1ccc(-c2ccc(C=C3C(=O)NN=C3C)o2)cc1. The second-order valence-electron chi connectivity index (χ2n) is 4.63. The van der Waals surface area contributed by atoms with E-state index in [-0.39, 0.29) is 5.91 Å². The molecule has 21 heavy (non-hydrogen) atoms. The number of nitrogens with zero attached hydrogens (tertiary/aromatic N) is 1. The maximum Gasteiger partial charge on any atom is 0.273 e. The molecule has 0 spiro atoms. The molecule has 1 N–H and O–H groups in total. The molecule has 0 radical (unpaired) electrons. The van der Waals surface area contributed by atoms with E-state index in [0.29, 0.717) is 17.0 Å². The van der Waals surface area contributed by atoms with Crippen molar-refractivity contribution in [3.05, 3.63) is 47.7 Å². The molecule has 0 saturated heterocycles. The van der Waals surface area contributed by atoms with Crippen molar-refractivity contribution < 1.29 is 13.9 Å². The van der Waals surface area contributed by atoms with Crippen molar-refractivity contribution in [2.45, 2.75) is 6.92 Å². The van der Waals surface area contributed by atoms with Gasteiger partial charge < -0.3 is 9.15 Å². The van der Waals surface area contributed by atoms with Crippen LogP contribution in [0.15, 0.2) is 51.5 Å². The Morgan fingerprint density at radius 3 is 2.57 bits per heavy atom. The third-order valence-corrected chi connectivity index (χ3v) is 3.25. The van der Waals surface area contributed by atoms with Crippen molar-refractivity contribution in [1.29, 1.82) is 0 Å². The molecule has 1 aromatic carbocycles. The molecule has 0 saturated carbocycles. The zero-order valence-electron chi connectivity index (χ0n) is 11.7. The number of rotatable bonds is 3. The zero-order chi connectivity index (χ0) is 14.8. The summed E-state index contributed by atoms with van der Waals surface area (Å²) in [5.74, 6) is 1.93. The second-order valence-corrected chi connectivity index (χ2v) is 4.63. The quantitative estimate of drug-likeness (QED) is 0.880. The molecule has 0 fully saturated rings. The first-order valence-corrected chi connectivity index (χ1v) is 6.48. The van der Waals surface area contributed by atoms with Crippen LogP contribution in [0, 0.1) is 0 Å². The highest BCUT2D eigenvalue weighted by molar-refractivity contribution is 6.26. The maximum absolute atomic E-state index is 11.6. The molecular formula is C16H14N2O3. The van der Waals surface area contributed by atoms with Gasteiger partial charge in [-0.25, -0.2) is 5.43 Å². The number of ether oxygens (including phenoxy) is 1. The predicted octanol–water partition coefficient (Wildman–Crippen LogP) is 2.84. The fourth-order valence-electron chi connectivity index (χ4n) is 2.07. The van der Waals surface area contributed by atoms with Gasteiger partial charge >= 0.3 is 0 Å². The highest BCUT2D eigenvalue weighted by Crippen LogP contribution is 2.25. The summed E-state index contributed by atoms with van der Waals surface area (Å²) in [6, 6.07) is 11.3. The Bertz CT molecular complexity index is 739. The molecular weight excluding hydrogens is 268 g/mol. The first-order chi connectivity index (χ1) is 10.2. The summed E-state index contributed by atoms with van der Waals surface area (Å²) in [4.78, 5) is 11.6. The van der Waals surface area contributed by atoms with Crippen molar-refractivity contribution >= 4 is 17.7 Å². The topological polar surface area (TPSA) is 63.8 Å². The van der Waals surface area contributed by atoms with E-state index in [1.165, 1.54) is 0 Å². The number of benzene rings is 1. The van der Waals surface area contributed by atoms with Gasteiger partial charge in [0, 0.05) is 5.56 Å². The lowest BCUT2D eigenvalue weighted by molar-refractivity contribution is -0.116. The summed E-state index contributed by atoms with van der Waals surface area (Å²) in [6.07, 6.45) is 1.69. The molecule has 1 amide bonds. The molecule has 3 rings (SSSR count). The van der Waals surface area contributed by atoms with E-state index in [9.17, 15) is 4.79 Å². The van der Waals surface area contributed by atoms with Crippen LogP contribution in [0.3, 0.4) is 0 Å². The first-order valence-electron chi connectivity index (χ1n) is 6.48. The monoisotopic (exact) mass is 282 g/mol. The lowest BCUT2D eigenvalue weighted by Crippen LogP contribution is -2.12. The molecule has 1 aliphatic heterocycles. The zero-order valence-corrected chi connectivity index (χ0v) is 11.7. The van der Waals surface area contributed by atoms with Crippen LogP contribution in [0.4, 0.5) is 0 Å². The number of methoxy groups -OCH3 is 1. The van der Waals surface area contributed by atoms with E-state index < -0.39 is 0 Å². The molecule has 5 heteroatoms. The van der Waals surface area contributed by atoms with Gasteiger partial charge in [0.15, 0.2) is 0 Å². The number of hydrogen-bond acceptors (Lipinski definition) is 4. The van der Waals surface area contributed by atoms with Gasteiger partial charge in [0.25, 0.3) is 5.91 Å². The smallest absolute Gasteiger partial charge is 0.273 e. The van der Waals surface area contributed by atoms with Crippen molar-refractivity contribution in [2.24, 2.45) is 5.10 Å². The van der Waals surface area contributed by atoms with Crippen LogP contribution in [0.25, 0.3) is 17.4 Å². The van der Waals surface area contributed by atoms with Crippen molar-refractivity contribution in [1.82, 2.24) is 5.43 Å².